The fraction of sp³-hybridized carbons (Fsp3) is 0.333. The molecule has 2 saturated heterocycles. The van der Waals surface area contributed by atoms with Crippen LogP contribution < -0.4 is 4.74 Å². The number of amides is 2. The lowest BCUT2D eigenvalue weighted by atomic mass is 10.00. The van der Waals surface area contributed by atoms with Crippen LogP contribution in [0.5, 0.6) is 5.75 Å². The minimum absolute atomic E-state index is 0.0355. The number of hydrogen-bond donors (Lipinski definition) is 2. The van der Waals surface area contributed by atoms with Gasteiger partial charge >= 0.3 is 0 Å². The van der Waals surface area contributed by atoms with E-state index in [4.69, 9.17) is 14.5 Å². The number of carbonyl (C=O) groups excluding carboxylic acids is 2. The minimum atomic E-state index is -0.549. The van der Waals surface area contributed by atoms with Gasteiger partial charge in [0.1, 0.15) is 29.0 Å². The molecule has 10 nitrogen and oxygen atoms in total. The van der Waals surface area contributed by atoms with Gasteiger partial charge in [0, 0.05) is 31.7 Å². The molecule has 5 heterocycles. The maximum absolute atomic E-state index is 14.8. The number of likely N-dealkylation sites (tertiary alicyclic amines) is 2. The third-order valence-electron chi connectivity index (χ3n) is 12.0. The van der Waals surface area contributed by atoms with E-state index in [2.05, 4.69) is 39.2 Å². The Morgan fingerprint density at radius 2 is 1.23 bits per heavy atom. The first-order valence-corrected chi connectivity index (χ1v) is 21.1. The molecule has 2 aromatic heterocycles. The summed E-state index contributed by atoms with van der Waals surface area (Å²) in [5.74, 6) is 0.251. The molecule has 0 saturated carbocycles. The quantitative estimate of drug-likeness (QED) is 0.179. The second-order valence-corrected chi connectivity index (χ2v) is 15.9. The van der Waals surface area contributed by atoms with Gasteiger partial charge in [-0.15, -0.1) is 0 Å². The third kappa shape index (κ3) is 8.21. The van der Waals surface area contributed by atoms with Gasteiger partial charge in [0.05, 0.1) is 59.7 Å². The maximum atomic E-state index is 14.8. The molecule has 60 heavy (non-hydrogen) atoms. The Morgan fingerprint density at radius 3 is 1.97 bits per heavy atom. The predicted molar refractivity (Wildman–Crippen MR) is 224 cm³/mol. The highest BCUT2D eigenvalue weighted by molar-refractivity contribution is 5.95. The van der Waals surface area contributed by atoms with E-state index < -0.39 is 17.7 Å². The topological polar surface area (TPSA) is 116 Å². The van der Waals surface area contributed by atoms with E-state index in [0.29, 0.717) is 44.4 Å². The molecule has 0 radical (unpaired) electrons. The Hall–Kier alpha value is -6.14. The van der Waals surface area contributed by atoms with Gasteiger partial charge in [-0.25, -0.2) is 18.7 Å². The molecule has 4 aromatic carbocycles. The highest BCUT2D eigenvalue weighted by atomic mass is 19.1. The zero-order valence-corrected chi connectivity index (χ0v) is 33.4. The number of nitrogens with zero attached hydrogens (tertiary/aromatic N) is 4. The van der Waals surface area contributed by atoms with E-state index in [1.54, 1.807) is 46.5 Å². The standard InChI is InChI=1S/C48H48F2N6O4/c49-38-14-7-5-12-35(38)47(57)55-23-11-16-42(55)45-51-28-40(53-45)32-19-17-31(18-20-32)33-21-22-37-41-29-52-46(54-41)43-27-34(30-56(43)48(58)36-13-6-8-15-39(36)50)59-24-9-3-1-2-4-10-25-60-44(37)26-33/h5-8,12-15,17-22,26,28-29,34,42-43H,1-4,9-11,16,23-25,27,30H2,(H,51,53)(H,52,54)/t34-,42-,43-/m0/s1. The van der Waals surface area contributed by atoms with Crippen LogP contribution >= 0.6 is 0 Å². The number of aromatic nitrogens is 4. The largest absolute Gasteiger partial charge is 0.493 e. The van der Waals surface area contributed by atoms with Crippen molar-refractivity contribution in [2.45, 2.75) is 76.0 Å². The van der Waals surface area contributed by atoms with Crippen LogP contribution in [0.1, 0.15) is 102 Å². The lowest BCUT2D eigenvalue weighted by Crippen LogP contribution is -2.33. The van der Waals surface area contributed by atoms with Crippen LogP contribution in [-0.4, -0.2) is 74.0 Å². The van der Waals surface area contributed by atoms with Gasteiger partial charge in [-0.05, 0) is 78.8 Å². The van der Waals surface area contributed by atoms with Crippen molar-refractivity contribution in [2.24, 2.45) is 0 Å². The van der Waals surface area contributed by atoms with E-state index in [0.717, 1.165) is 90.8 Å². The van der Waals surface area contributed by atoms with Gasteiger partial charge < -0.3 is 29.2 Å². The highest BCUT2D eigenvalue weighted by Gasteiger charge is 2.40. The molecule has 3 atom stereocenters. The van der Waals surface area contributed by atoms with Crippen molar-refractivity contribution in [1.82, 2.24) is 29.7 Å². The van der Waals surface area contributed by atoms with Crippen LogP contribution in [0.3, 0.4) is 0 Å². The first kappa shape index (κ1) is 39.3. The normalized spacial score (nSPS) is 19.9. The molecule has 2 amide bonds. The smallest absolute Gasteiger partial charge is 0.257 e. The van der Waals surface area contributed by atoms with E-state index >= 15 is 0 Å². The summed E-state index contributed by atoms with van der Waals surface area (Å²) in [7, 11) is 0. The highest BCUT2D eigenvalue weighted by Crippen LogP contribution is 2.39. The van der Waals surface area contributed by atoms with Crippen molar-refractivity contribution < 1.29 is 27.8 Å². The van der Waals surface area contributed by atoms with Crippen LogP contribution in [-0.2, 0) is 4.74 Å². The molecular weight excluding hydrogens is 763 g/mol. The molecule has 2 N–H and O–H groups in total. The van der Waals surface area contributed by atoms with Crippen molar-refractivity contribution in [3.63, 3.8) is 0 Å². The summed E-state index contributed by atoms with van der Waals surface area (Å²) in [4.78, 5) is 46.9. The van der Waals surface area contributed by atoms with E-state index in [1.807, 2.05) is 18.2 Å². The van der Waals surface area contributed by atoms with Gasteiger partial charge in [0.25, 0.3) is 11.8 Å². The SMILES string of the molecule is O=C(c1ccccc1F)N1CCC[C@H]1c1ncc(-c2ccc(-c3ccc4c(c3)OCCCCCCCCO[C@H]3C[C@@H](c5ncc-4[nH]5)N(C(=O)c4ccccc4F)C3)cc2)[nH]1. The van der Waals surface area contributed by atoms with Crippen molar-refractivity contribution in [1.29, 1.82) is 0 Å². The zero-order valence-electron chi connectivity index (χ0n) is 33.4. The number of aromatic amines is 2. The fourth-order valence-electron chi connectivity index (χ4n) is 8.80. The number of hydrogen-bond acceptors (Lipinski definition) is 6. The number of imidazole rings is 2. The maximum Gasteiger partial charge on any atom is 0.257 e. The number of ether oxygens (including phenoxy) is 2. The number of carbonyl (C=O) groups is 2. The average Bonchev–Trinajstić information content (AvgIpc) is 4.11. The fourth-order valence-corrected chi connectivity index (χ4v) is 8.80. The zero-order chi connectivity index (χ0) is 41.0. The summed E-state index contributed by atoms with van der Waals surface area (Å²) in [6, 6.07) is 25.9. The second kappa shape index (κ2) is 17.6. The number of H-pyrrole nitrogens is 2. The summed E-state index contributed by atoms with van der Waals surface area (Å²) in [5, 5.41) is 0. The van der Waals surface area contributed by atoms with Gasteiger partial charge in [0.15, 0.2) is 0 Å². The summed E-state index contributed by atoms with van der Waals surface area (Å²) in [6.45, 7) is 2.09. The van der Waals surface area contributed by atoms with Crippen LogP contribution in [0.2, 0.25) is 0 Å². The van der Waals surface area contributed by atoms with E-state index in [9.17, 15) is 18.4 Å². The Bertz CT molecular complexity index is 2460. The van der Waals surface area contributed by atoms with Gasteiger partial charge in [-0.1, -0.05) is 80.3 Å². The number of fused-ring (bicyclic) bond motifs is 7. The van der Waals surface area contributed by atoms with Crippen LogP contribution in [0.15, 0.2) is 103 Å². The molecule has 0 aliphatic carbocycles. The average molecular weight is 811 g/mol. The molecule has 3 aliphatic rings. The first-order valence-electron chi connectivity index (χ1n) is 21.1. The lowest BCUT2D eigenvalue weighted by molar-refractivity contribution is 0.0511. The van der Waals surface area contributed by atoms with Gasteiger partial charge in [-0.2, -0.15) is 0 Å². The summed E-state index contributed by atoms with van der Waals surface area (Å²) >= 11 is 0. The molecule has 2 fully saturated rings. The summed E-state index contributed by atoms with van der Waals surface area (Å²) < 4.78 is 42.1. The Balaban J connectivity index is 0.960. The molecule has 12 heteroatoms. The molecule has 9 rings (SSSR count). The summed E-state index contributed by atoms with van der Waals surface area (Å²) in [5.41, 5.74) is 5.49. The van der Waals surface area contributed by atoms with E-state index in [-0.39, 0.29) is 35.1 Å². The van der Waals surface area contributed by atoms with Gasteiger partial charge in [-0.3, -0.25) is 9.59 Å². The lowest BCUT2D eigenvalue weighted by Gasteiger charge is -2.23. The number of rotatable bonds is 5. The summed E-state index contributed by atoms with van der Waals surface area (Å²) in [6.07, 6.45) is 11.7. The van der Waals surface area contributed by atoms with E-state index in [1.165, 1.54) is 24.3 Å². The number of benzene rings is 4. The molecular formula is C48H48F2N6O4. The van der Waals surface area contributed by atoms with Crippen LogP contribution in [0.4, 0.5) is 8.78 Å². The predicted octanol–water partition coefficient (Wildman–Crippen LogP) is 10.1. The van der Waals surface area contributed by atoms with Crippen LogP contribution in [0, 0.1) is 11.6 Å². The molecule has 0 spiro atoms. The Labute approximate surface area is 348 Å². The van der Waals surface area contributed by atoms with Gasteiger partial charge in [0.2, 0.25) is 0 Å². The molecule has 4 bridgehead atoms. The molecule has 6 aromatic rings. The monoisotopic (exact) mass is 810 g/mol. The van der Waals surface area contributed by atoms with Crippen LogP contribution in [0.25, 0.3) is 33.6 Å². The Morgan fingerprint density at radius 1 is 0.633 bits per heavy atom. The molecule has 3 aliphatic heterocycles. The first-order chi connectivity index (χ1) is 29.4. The molecule has 0 unspecified atom stereocenters. The van der Waals surface area contributed by atoms with Crippen molar-refractivity contribution in [3.8, 4) is 39.4 Å². The third-order valence-corrected chi connectivity index (χ3v) is 12.0. The second-order valence-electron chi connectivity index (χ2n) is 15.9. The number of halogens is 2. The molecule has 308 valence electrons. The van der Waals surface area contributed by atoms with Crippen molar-refractivity contribution >= 4 is 11.8 Å². The van der Waals surface area contributed by atoms with Crippen molar-refractivity contribution in [3.05, 3.63) is 138 Å². The Kier molecular flexibility index (Phi) is 11.5. The minimum Gasteiger partial charge on any atom is -0.493 e. The van der Waals surface area contributed by atoms with Crippen molar-refractivity contribution in [2.75, 3.05) is 26.3 Å². The number of nitrogens with one attached hydrogen (secondary N) is 2.